The van der Waals surface area contributed by atoms with Crippen molar-refractivity contribution in [3.05, 3.63) is 46.2 Å². The van der Waals surface area contributed by atoms with E-state index in [1.165, 1.54) is 0 Å². The Morgan fingerprint density at radius 1 is 1.29 bits per heavy atom. The zero-order valence-electron chi connectivity index (χ0n) is 14.5. The van der Waals surface area contributed by atoms with Crippen molar-refractivity contribution in [3.8, 4) is 0 Å². The van der Waals surface area contributed by atoms with Crippen LogP contribution < -0.4 is 10.6 Å². The smallest absolute Gasteiger partial charge is 0.191 e. The van der Waals surface area contributed by atoms with Crippen molar-refractivity contribution in [2.24, 2.45) is 4.99 Å². The SMILES string of the molecule is CCNC(=NCc1nc(C(C)C)cs1)NCCc1ccccn1.I. The average molecular weight is 459 g/mol. The van der Waals surface area contributed by atoms with Crippen LogP contribution in [0.4, 0.5) is 0 Å². The normalized spacial score (nSPS) is 11.2. The molecule has 0 aromatic carbocycles. The zero-order valence-corrected chi connectivity index (χ0v) is 17.6. The standard InChI is InChI=1S/C17H25N5S.HI/c1-4-18-17(20-10-8-14-7-5-6-9-19-14)21-11-16-22-15(12-23-16)13(2)3;/h5-7,9,12-13H,4,8,10-11H2,1-3H3,(H2,18,20,21);1H. The Bertz CT molecular complexity index is 612. The van der Waals surface area contributed by atoms with Crippen molar-refractivity contribution in [3.63, 3.8) is 0 Å². The van der Waals surface area contributed by atoms with Crippen molar-refractivity contribution < 1.29 is 0 Å². The summed E-state index contributed by atoms with van der Waals surface area (Å²) in [6.07, 6.45) is 2.70. The van der Waals surface area contributed by atoms with E-state index in [0.29, 0.717) is 12.5 Å². The van der Waals surface area contributed by atoms with E-state index in [4.69, 9.17) is 0 Å². The Balaban J connectivity index is 0.00000288. The number of rotatable bonds is 7. The van der Waals surface area contributed by atoms with Gasteiger partial charge in [0.05, 0.1) is 12.2 Å². The van der Waals surface area contributed by atoms with Gasteiger partial charge in [0.15, 0.2) is 5.96 Å². The Kier molecular flexibility index (Phi) is 9.85. The molecule has 2 N–H and O–H groups in total. The van der Waals surface area contributed by atoms with E-state index in [-0.39, 0.29) is 24.0 Å². The monoisotopic (exact) mass is 459 g/mol. The van der Waals surface area contributed by atoms with Gasteiger partial charge < -0.3 is 10.6 Å². The Hall–Kier alpha value is -1.22. The molecule has 0 aliphatic rings. The fraction of sp³-hybridized carbons (Fsp3) is 0.471. The molecule has 0 spiro atoms. The van der Waals surface area contributed by atoms with E-state index < -0.39 is 0 Å². The Labute approximate surface area is 165 Å². The second-order valence-corrected chi connectivity index (χ2v) is 6.46. The predicted molar refractivity (Wildman–Crippen MR) is 112 cm³/mol. The van der Waals surface area contributed by atoms with Crippen molar-refractivity contribution >= 4 is 41.3 Å². The first-order valence-electron chi connectivity index (χ1n) is 8.05. The molecule has 0 aliphatic heterocycles. The molecule has 2 heterocycles. The summed E-state index contributed by atoms with van der Waals surface area (Å²) in [5.41, 5.74) is 2.23. The van der Waals surface area contributed by atoms with E-state index in [0.717, 1.165) is 41.9 Å². The van der Waals surface area contributed by atoms with Gasteiger partial charge in [0, 0.05) is 36.8 Å². The summed E-state index contributed by atoms with van der Waals surface area (Å²) in [5.74, 6) is 1.29. The molecule has 5 nitrogen and oxygen atoms in total. The summed E-state index contributed by atoms with van der Waals surface area (Å²) < 4.78 is 0. The van der Waals surface area contributed by atoms with Crippen LogP contribution in [0.2, 0.25) is 0 Å². The Morgan fingerprint density at radius 2 is 2.12 bits per heavy atom. The molecule has 0 atom stereocenters. The number of hydrogen-bond acceptors (Lipinski definition) is 4. The molecule has 0 saturated carbocycles. The molecule has 2 aromatic heterocycles. The van der Waals surface area contributed by atoms with E-state index in [2.05, 4.69) is 51.7 Å². The van der Waals surface area contributed by atoms with Gasteiger partial charge in [-0.2, -0.15) is 0 Å². The molecule has 0 aliphatic carbocycles. The van der Waals surface area contributed by atoms with E-state index in [9.17, 15) is 0 Å². The maximum atomic E-state index is 4.62. The van der Waals surface area contributed by atoms with Crippen LogP contribution in [0.25, 0.3) is 0 Å². The van der Waals surface area contributed by atoms with E-state index in [1.807, 2.05) is 24.4 Å². The zero-order chi connectivity index (χ0) is 16.5. The van der Waals surface area contributed by atoms with Crippen molar-refractivity contribution in [2.45, 2.75) is 39.7 Å². The number of aliphatic imine (C=N–C) groups is 1. The third-order valence-corrected chi connectivity index (χ3v) is 4.13. The summed E-state index contributed by atoms with van der Waals surface area (Å²) in [4.78, 5) is 13.6. The van der Waals surface area contributed by atoms with Gasteiger partial charge in [-0.05, 0) is 25.0 Å². The molecule has 0 saturated heterocycles. The second kappa shape index (κ2) is 11.4. The molecule has 0 unspecified atom stereocenters. The number of aromatic nitrogens is 2. The highest BCUT2D eigenvalue weighted by atomic mass is 127. The quantitative estimate of drug-likeness (QED) is 0.378. The highest BCUT2D eigenvalue weighted by Gasteiger charge is 2.05. The van der Waals surface area contributed by atoms with E-state index >= 15 is 0 Å². The maximum absolute atomic E-state index is 4.62. The molecular weight excluding hydrogens is 433 g/mol. The number of pyridine rings is 1. The van der Waals surface area contributed by atoms with Crippen LogP contribution in [-0.2, 0) is 13.0 Å². The van der Waals surface area contributed by atoms with Crippen LogP contribution >= 0.6 is 35.3 Å². The van der Waals surface area contributed by atoms with Crippen LogP contribution in [0.15, 0.2) is 34.8 Å². The maximum Gasteiger partial charge on any atom is 0.191 e. The summed E-state index contributed by atoms with van der Waals surface area (Å²) >= 11 is 1.67. The average Bonchev–Trinajstić information content (AvgIpc) is 3.03. The minimum atomic E-state index is 0. The highest BCUT2D eigenvalue weighted by molar-refractivity contribution is 14.0. The van der Waals surface area contributed by atoms with Crippen LogP contribution in [0.3, 0.4) is 0 Å². The summed E-state index contributed by atoms with van der Waals surface area (Å²) in [5, 5.41) is 9.78. The lowest BCUT2D eigenvalue weighted by molar-refractivity contribution is 0.784. The van der Waals surface area contributed by atoms with Gasteiger partial charge in [0.1, 0.15) is 5.01 Å². The largest absolute Gasteiger partial charge is 0.357 e. The van der Waals surface area contributed by atoms with Gasteiger partial charge in [0.2, 0.25) is 0 Å². The highest BCUT2D eigenvalue weighted by Crippen LogP contribution is 2.18. The van der Waals surface area contributed by atoms with E-state index in [1.54, 1.807) is 11.3 Å². The topological polar surface area (TPSA) is 62.2 Å². The number of thiazole rings is 1. The Morgan fingerprint density at radius 3 is 2.75 bits per heavy atom. The fourth-order valence-electron chi connectivity index (χ4n) is 2.01. The van der Waals surface area contributed by atoms with Gasteiger partial charge in [-0.1, -0.05) is 19.9 Å². The summed E-state index contributed by atoms with van der Waals surface area (Å²) in [7, 11) is 0. The molecule has 2 rings (SSSR count). The lowest BCUT2D eigenvalue weighted by Crippen LogP contribution is -2.38. The van der Waals surface area contributed by atoms with Gasteiger partial charge in [0.25, 0.3) is 0 Å². The molecule has 0 fully saturated rings. The molecule has 7 heteroatoms. The molecule has 0 bridgehead atoms. The molecular formula is C17H26IN5S. The summed E-state index contributed by atoms with van der Waals surface area (Å²) in [6.45, 7) is 8.63. The second-order valence-electron chi connectivity index (χ2n) is 5.51. The van der Waals surface area contributed by atoms with Gasteiger partial charge in [-0.3, -0.25) is 4.98 Å². The third kappa shape index (κ3) is 7.12. The van der Waals surface area contributed by atoms with Gasteiger partial charge in [-0.15, -0.1) is 35.3 Å². The number of guanidine groups is 1. The van der Waals surface area contributed by atoms with Crippen LogP contribution in [-0.4, -0.2) is 29.0 Å². The lowest BCUT2D eigenvalue weighted by atomic mass is 10.2. The molecule has 0 amide bonds. The number of nitrogens with one attached hydrogen (secondary N) is 2. The minimum absolute atomic E-state index is 0. The summed E-state index contributed by atoms with van der Waals surface area (Å²) in [6, 6.07) is 5.98. The number of hydrogen-bond donors (Lipinski definition) is 2. The molecule has 24 heavy (non-hydrogen) atoms. The van der Waals surface area contributed by atoms with Crippen LogP contribution in [0.5, 0.6) is 0 Å². The van der Waals surface area contributed by atoms with Crippen LogP contribution in [0.1, 0.15) is 43.1 Å². The third-order valence-electron chi connectivity index (χ3n) is 3.28. The lowest BCUT2D eigenvalue weighted by Gasteiger charge is -2.10. The van der Waals surface area contributed by atoms with Gasteiger partial charge >= 0.3 is 0 Å². The number of halogens is 1. The molecule has 0 radical (unpaired) electrons. The first-order chi connectivity index (χ1) is 11.2. The molecule has 2 aromatic rings. The number of nitrogens with zero attached hydrogens (tertiary/aromatic N) is 3. The van der Waals surface area contributed by atoms with Crippen molar-refractivity contribution in [1.29, 1.82) is 0 Å². The van der Waals surface area contributed by atoms with Gasteiger partial charge in [-0.25, -0.2) is 9.98 Å². The fourth-order valence-corrected chi connectivity index (χ4v) is 2.89. The minimum Gasteiger partial charge on any atom is -0.357 e. The first-order valence-corrected chi connectivity index (χ1v) is 8.93. The predicted octanol–water partition coefficient (Wildman–Crippen LogP) is 3.58. The van der Waals surface area contributed by atoms with Crippen molar-refractivity contribution in [2.75, 3.05) is 13.1 Å². The first kappa shape index (κ1) is 20.8. The molecule has 132 valence electrons. The van der Waals surface area contributed by atoms with Crippen LogP contribution in [0, 0.1) is 0 Å². The van der Waals surface area contributed by atoms with Crippen molar-refractivity contribution in [1.82, 2.24) is 20.6 Å².